The first-order valence-corrected chi connectivity index (χ1v) is 3.46. The van der Waals surface area contributed by atoms with E-state index in [9.17, 15) is 0 Å². The van der Waals surface area contributed by atoms with Crippen molar-refractivity contribution < 1.29 is 0 Å². The summed E-state index contributed by atoms with van der Waals surface area (Å²) in [5.74, 6) is 0.973. The highest BCUT2D eigenvalue weighted by atomic mass is 14.9. The highest BCUT2D eigenvalue weighted by Gasteiger charge is 2.00. The Morgan fingerprint density at radius 3 is 2.60 bits per heavy atom. The van der Waals surface area contributed by atoms with Crippen molar-refractivity contribution in [1.82, 2.24) is 9.97 Å². The van der Waals surface area contributed by atoms with Crippen LogP contribution in [0.4, 0.5) is 0 Å². The summed E-state index contributed by atoms with van der Waals surface area (Å²) in [6.07, 6.45) is 0.871. The van der Waals surface area contributed by atoms with Crippen molar-refractivity contribution >= 4 is 0 Å². The Hall–Kier alpha value is -0.830. The van der Waals surface area contributed by atoms with Gasteiger partial charge >= 0.3 is 0 Å². The maximum absolute atomic E-state index is 5.38. The summed E-state index contributed by atoms with van der Waals surface area (Å²) in [4.78, 5) is 7.39. The molecule has 0 aliphatic rings. The van der Waals surface area contributed by atoms with Gasteiger partial charge in [-0.25, -0.2) is 4.98 Å². The van der Waals surface area contributed by atoms with Crippen LogP contribution >= 0.6 is 0 Å². The molecule has 0 spiro atoms. The van der Waals surface area contributed by atoms with Gasteiger partial charge in [-0.3, -0.25) is 0 Å². The second-order valence-corrected chi connectivity index (χ2v) is 2.43. The molecule has 3 heteroatoms. The summed E-state index contributed by atoms with van der Waals surface area (Å²) >= 11 is 0. The van der Waals surface area contributed by atoms with Gasteiger partial charge in [0.1, 0.15) is 5.82 Å². The number of rotatable bonds is 2. The molecule has 1 aromatic rings. The van der Waals surface area contributed by atoms with Crippen LogP contribution in [0.15, 0.2) is 0 Å². The number of imidazole rings is 1. The zero-order valence-electron chi connectivity index (χ0n) is 6.44. The van der Waals surface area contributed by atoms with Crippen molar-refractivity contribution in [1.29, 1.82) is 0 Å². The van der Waals surface area contributed by atoms with Crippen molar-refractivity contribution in [2.24, 2.45) is 5.73 Å². The van der Waals surface area contributed by atoms with Crippen LogP contribution in [0.1, 0.15) is 17.2 Å². The van der Waals surface area contributed by atoms with Crippen LogP contribution in [0.5, 0.6) is 0 Å². The van der Waals surface area contributed by atoms with Gasteiger partial charge in [0.2, 0.25) is 0 Å². The topological polar surface area (TPSA) is 54.7 Å². The van der Waals surface area contributed by atoms with Crippen LogP contribution in [0.3, 0.4) is 0 Å². The molecule has 1 aromatic heterocycles. The Labute approximate surface area is 60.7 Å². The van der Waals surface area contributed by atoms with E-state index in [1.54, 1.807) is 0 Å². The Balaban J connectivity index is 2.81. The fourth-order valence-corrected chi connectivity index (χ4v) is 1.04. The number of aromatic amines is 1. The van der Waals surface area contributed by atoms with Crippen molar-refractivity contribution in [3.05, 3.63) is 17.2 Å². The van der Waals surface area contributed by atoms with Crippen molar-refractivity contribution in [3.63, 3.8) is 0 Å². The monoisotopic (exact) mass is 139 g/mol. The summed E-state index contributed by atoms with van der Waals surface area (Å²) in [6.45, 7) is 4.64. The standard InChI is InChI=1S/C7H13N3/c1-5-7(3-4-8)10-6(2)9-5/h3-4,8H2,1-2H3,(H,9,10). The molecule has 10 heavy (non-hydrogen) atoms. The molecular formula is C7H13N3. The van der Waals surface area contributed by atoms with Gasteiger partial charge in [-0.2, -0.15) is 0 Å². The largest absolute Gasteiger partial charge is 0.346 e. The lowest BCUT2D eigenvalue weighted by molar-refractivity contribution is 0.920. The molecule has 0 aromatic carbocycles. The number of hydrogen-bond acceptors (Lipinski definition) is 2. The maximum Gasteiger partial charge on any atom is 0.103 e. The number of aromatic nitrogens is 2. The number of H-pyrrole nitrogens is 1. The van der Waals surface area contributed by atoms with Gasteiger partial charge in [0.05, 0.1) is 5.69 Å². The lowest BCUT2D eigenvalue weighted by Gasteiger charge is -1.91. The van der Waals surface area contributed by atoms with Crippen molar-refractivity contribution in [2.75, 3.05) is 6.54 Å². The second kappa shape index (κ2) is 2.84. The Bertz CT molecular complexity index is 215. The Morgan fingerprint density at radius 2 is 2.20 bits per heavy atom. The third-order valence-corrected chi connectivity index (χ3v) is 1.49. The van der Waals surface area contributed by atoms with E-state index in [0.29, 0.717) is 6.54 Å². The molecule has 1 heterocycles. The van der Waals surface area contributed by atoms with Crippen LogP contribution in [0.2, 0.25) is 0 Å². The number of hydrogen-bond donors (Lipinski definition) is 2. The van der Waals surface area contributed by atoms with Crippen LogP contribution in [-0.4, -0.2) is 16.5 Å². The molecule has 56 valence electrons. The normalized spacial score (nSPS) is 10.3. The minimum atomic E-state index is 0.672. The average Bonchev–Trinajstić information content (AvgIpc) is 2.13. The smallest absolute Gasteiger partial charge is 0.103 e. The molecule has 3 N–H and O–H groups in total. The van der Waals surface area contributed by atoms with Crippen LogP contribution in [0.25, 0.3) is 0 Å². The van der Waals surface area contributed by atoms with E-state index in [-0.39, 0.29) is 0 Å². The summed E-state index contributed by atoms with van der Waals surface area (Å²) in [5, 5.41) is 0. The van der Waals surface area contributed by atoms with E-state index in [1.165, 1.54) is 0 Å². The van der Waals surface area contributed by atoms with Gasteiger partial charge in [0.15, 0.2) is 0 Å². The van der Waals surface area contributed by atoms with E-state index in [0.717, 1.165) is 23.6 Å². The molecule has 0 aliphatic carbocycles. The molecular weight excluding hydrogens is 126 g/mol. The lowest BCUT2D eigenvalue weighted by atomic mass is 10.3. The molecule has 0 bridgehead atoms. The maximum atomic E-state index is 5.38. The molecule has 1 rings (SSSR count). The fourth-order valence-electron chi connectivity index (χ4n) is 1.04. The first-order valence-electron chi connectivity index (χ1n) is 3.46. The number of aryl methyl sites for hydroxylation is 2. The lowest BCUT2D eigenvalue weighted by Crippen LogP contribution is -2.03. The second-order valence-electron chi connectivity index (χ2n) is 2.43. The zero-order valence-corrected chi connectivity index (χ0v) is 6.44. The highest BCUT2D eigenvalue weighted by molar-refractivity contribution is 5.12. The fraction of sp³-hybridized carbons (Fsp3) is 0.571. The predicted octanol–water partition coefficient (Wildman–Crippen LogP) is 0.528. The van der Waals surface area contributed by atoms with E-state index in [2.05, 4.69) is 9.97 Å². The first kappa shape index (κ1) is 7.28. The number of nitrogens with one attached hydrogen (secondary N) is 1. The quantitative estimate of drug-likeness (QED) is 0.628. The Morgan fingerprint density at radius 1 is 1.50 bits per heavy atom. The third-order valence-electron chi connectivity index (χ3n) is 1.49. The van der Waals surface area contributed by atoms with Crippen molar-refractivity contribution in [3.8, 4) is 0 Å². The molecule has 0 aliphatic heterocycles. The predicted molar refractivity (Wildman–Crippen MR) is 40.8 cm³/mol. The molecule has 0 amide bonds. The van der Waals surface area contributed by atoms with Gasteiger partial charge in [-0.05, 0) is 20.4 Å². The van der Waals surface area contributed by atoms with E-state index >= 15 is 0 Å². The van der Waals surface area contributed by atoms with Crippen LogP contribution < -0.4 is 5.73 Å². The van der Waals surface area contributed by atoms with Crippen molar-refractivity contribution in [2.45, 2.75) is 20.3 Å². The van der Waals surface area contributed by atoms with E-state index in [4.69, 9.17) is 5.73 Å². The van der Waals surface area contributed by atoms with Crippen LogP contribution in [0, 0.1) is 13.8 Å². The first-order chi connectivity index (χ1) is 4.74. The molecule has 0 saturated carbocycles. The molecule has 3 nitrogen and oxygen atoms in total. The summed E-state index contributed by atoms with van der Waals surface area (Å²) in [7, 11) is 0. The minimum absolute atomic E-state index is 0.672. The third kappa shape index (κ3) is 1.36. The van der Waals surface area contributed by atoms with Gasteiger partial charge < -0.3 is 10.7 Å². The molecule has 0 unspecified atom stereocenters. The SMILES string of the molecule is Cc1nc(CCN)c(C)[nH]1. The average molecular weight is 139 g/mol. The molecule has 0 atom stereocenters. The van der Waals surface area contributed by atoms with Gasteiger partial charge in [-0.15, -0.1) is 0 Å². The van der Waals surface area contributed by atoms with E-state index < -0.39 is 0 Å². The van der Waals surface area contributed by atoms with Gasteiger partial charge in [0, 0.05) is 12.1 Å². The summed E-state index contributed by atoms with van der Waals surface area (Å²) in [5.41, 5.74) is 7.62. The summed E-state index contributed by atoms with van der Waals surface area (Å²) in [6, 6.07) is 0. The minimum Gasteiger partial charge on any atom is -0.346 e. The van der Waals surface area contributed by atoms with Gasteiger partial charge in [0.25, 0.3) is 0 Å². The van der Waals surface area contributed by atoms with E-state index in [1.807, 2.05) is 13.8 Å². The summed E-state index contributed by atoms with van der Waals surface area (Å²) < 4.78 is 0. The molecule has 0 fully saturated rings. The number of nitrogens with zero attached hydrogens (tertiary/aromatic N) is 1. The highest BCUT2D eigenvalue weighted by Crippen LogP contribution is 2.03. The van der Waals surface area contributed by atoms with Crippen LogP contribution in [-0.2, 0) is 6.42 Å². The van der Waals surface area contributed by atoms with Gasteiger partial charge in [-0.1, -0.05) is 0 Å². The zero-order chi connectivity index (χ0) is 7.56. The molecule has 0 radical (unpaired) electrons. The Kier molecular flexibility index (Phi) is 2.06. The molecule has 0 saturated heterocycles. The number of nitrogens with two attached hydrogens (primary N) is 1.